The number of fused-ring (bicyclic) bond motifs is 1. The van der Waals surface area contributed by atoms with Gasteiger partial charge >= 0.3 is 0 Å². The first-order chi connectivity index (χ1) is 14.2. The lowest BCUT2D eigenvalue weighted by Crippen LogP contribution is -2.20. The lowest BCUT2D eigenvalue weighted by molar-refractivity contribution is -0.117. The van der Waals surface area contributed by atoms with Gasteiger partial charge in [0.05, 0.1) is 24.9 Å². The number of hydrogen-bond donors (Lipinski definition) is 1. The number of nitrogens with one attached hydrogen (secondary N) is 1. The summed E-state index contributed by atoms with van der Waals surface area (Å²) in [5.41, 5.74) is 4.16. The van der Waals surface area contributed by atoms with Crippen LogP contribution in [0.2, 0.25) is 0 Å². The van der Waals surface area contributed by atoms with E-state index in [4.69, 9.17) is 4.74 Å². The fourth-order valence-electron chi connectivity index (χ4n) is 3.36. The third-order valence-electron chi connectivity index (χ3n) is 4.86. The predicted molar refractivity (Wildman–Crippen MR) is 113 cm³/mol. The molecule has 4 aromatic rings. The van der Waals surface area contributed by atoms with E-state index in [1.54, 1.807) is 17.7 Å². The van der Waals surface area contributed by atoms with E-state index in [-0.39, 0.29) is 11.8 Å². The van der Waals surface area contributed by atoms with Crippen molar-refractivity contribution in [2.45, 2.75) is 19.3 Å². The number of methoxy groups -OCH3 is 1. The fraction of sp³-hybridized carbons (Fsp3) is 0.174. The van der Waals surface area contributed by atoms with Crippen molar-refractivity contribution in [3.05, 3.63) is 78.5 Å². The molecule has 0 aliphatic carbocycles. The smallest absolute Gasteiger partial charge is 0.231 e. The van der Waals surface area contributed by atoms with Gasteiger partial charge in [-0.25, -0.2) is 9.50 Å². The number of carbonyl (C=O) groups is 1. The molecule has 1 N–H and O–H groups in total. The molecule has 146 valence electrons. The van der Waals surface area contributed by atoms with Crippen molar-refractivity contribution in [3.8, 4) is 17.1 Å². The molecule has 0 fully saturated rings. The second-order valence-electron chi connectivity index (χ2n) is 6.75. The number of ether oxygens (including phenoxy) is 1. The monoisotopic (exact) mass is 386 g/mol. The van der Waals surface area contributed by atoms with Gasteiger partial charge in [0.2, 0.25) is 11.8 Å². The van der Waals surface area contributed by atoms with Crippen LogP contribution in [-0.4, -0.2) is 27.6 Å². The van der Waals surface area contributed by atoms with Crippen molar-refractivity contribution < 1.29 is 9.53 Å². The molecule has 0 radical (unpaired) electrons. The molecule has 1 atom stereocenters. The third kappa shape index (κ3) is 3.96. The Morgan fingerprint density at radius 3 is 2.69 bits per heavy atom. The summed E-state index contributed by atoms with van der Waals surface area (Å²) in [6, 6.07) is 21.2. The van der Waals surface area contributed by atoms with Crippen molar-refractivity contribution in [2.75, 3.05) is 12.4 Å². The molecular weight excluding hydrogens is 364 g/mol. The molecule has 29 heavy (non-hydrogen) atoms. The molecular formula is C23H22N4O2. The van der Waals surface area contributed by atoms with Crippen LogP contribution in [0.1, 0.15) is 24.8 Å². The highest BCUT2D eigenvalue weighted by Crippen LogP contribution is 2.25. The molecule has 6 nitrogen and oxygen atoms in total. The second kappa shape index (κ2) is 8.14. The number of anilines is 1. The SMILES string of the molecule is CC[C@H](C(=O)Nc1cccc(-c2cn3nc(OC)ccc3n2)c1)c1ccccc1. The lowest BCUT2D eigenvalue weighted by atomic mass is 9.95. The molecule has 0 bridgehead atoms. The van der Waals surface area contributed by atoms with Gasteiger partial charge in [-0.1, -0.05) is 49.4 Å². The zero-order chi connectivity index (χ0) is 20.2. The Bertz CT molecular complexity index is 1140. The fourth-order valence-corrected chi connectivity index (χ4v) is 3.36. The molecule has 0 unspecified atom stereocenters. The van der Waals surface area contributed by atoms with E-state index >= 15 is 0 Å². The Kier molecular flexibility index (Phi) is 5.24. The van der Waals surface area contributed by atoms with Gasteiger partial charge in [0, 0.05) is 17.3 Å². The number of carbonyl (C=O) groups excluding carboxylic acids is 1. The molecule has 1 amide bonds. The van der Waals surface area contributed by atoms with Crippen LogP contribution in [0.5, 0.6) is 5.88 Å². The Morgan fingerprint density at radius 2 is 1.93 bits per heavy atom. The highest BCUT2D eigenvalue weighted by atomic mass is 16.5. The number of nitrogens with zero attached hydrogens (tertiary/aromatic N) is 3. The normalized spacial score (nSPS) is 11.9. The topological polar surface area (TPSA) is 68.5 Å². The van der Waals surface area contributed by atoms with Crippen LogP contribution in [0.25, 0.3) is 16.9 Å². The van der Waals surface area contributed by atoms with E-state index in [1.165, 1.54) is 0 Å². The Hall–Kier alpha value is -3.67. The van der Waals surface area contributed by atoms with Gasteiger partial charge in [0.15, 0.2) is 5.65 Å². The van der Waals surface area contributed by atoms with Crippen LogP contribution in [-0.2, 0) is 4.79 Å². The first kappa shape index (κ1) is 18.7. The summed E-state index contributed by atoms with van der Waals surface area (Å²) in [4.78, 5) is 17.5. The number of hydrogen-bond acceptors (Lipinski definition) is 4. The van der Waals surface area contributed by atoms with Crippen molar-refractivity contribution in [2.24, 2.45) is 0 Å². The van der Waals surface area contributed by atoms with Crippen LogP contribution in [0.15, 0.2) is 72.9 Å². The molecule has 0 aliphatic rings. The number of imidazole rings is 1. The predicted octanol–water partition coefficient (Wildman–Crippen LogP) is 4.54. The summed E-state index contributed by atoms with van der Waals surface area (Å²) in [7, 11) is 1.58. The summed E-state index contributed by atoms with van der Waals surface area (Å²) >= 11 is 0. The van der Waals surface area contributed by atoms with Crippen LogP contribution < -0.4 is 10.1 Å². The highest BCUT2D eigenvalue weighted by Gasteiger charge is 2.18. The number of amides is 1. The number of benzene rings is 2. The molecule has 2 aromatic carbocycles. The van der Waals surface area contributed by atoms with Gasteiger partial charge in [0.1, 0.15) is 0 Å². The maximum absolute atomic E-state index is 12.8. The minimum atomic E-state index is -0.188. The zero-order valence-corrected chi connectivity index (χ0v) is 16.4. The van der Waals surface area contributed by atoms with E-state index in [2.05, 4.69) is 15.4 Å². The van der Waals surface area contributed by atoms with E-state index in [0.717, 1.165) is 34.6 Å². The Balaban J connectivity index is 1.58. The summed E-state index contributed by atoms with van der Waals surface area (Å²) in [5, 5.41) is 7.39. The van der Waals surface area contributed by atoms with Gasteiger partial charge in [-0.05, 0) is 30.2 Å². The van der Waals surface area contributed by atoms with Gasteiger partial charge < -0.3 is 10.1 Å². The first-order valence-electron chi connectivity index (χ1n) is 9.54. The third-order valence-corrected chi connectivity index (χ3v) is 4.86. The summed E-state index contributed by atoms with van der Waals surface area (Å²) in [5.74, 6) is 0.318. The first-order valence-corrected chi connectivity index (χ1v) is 9.54. The van der Waals surface area contributed by atoms with E-state index in [0.29, 0.717) is 5.88 Å². The van der Waals surface area contributed by atoms with Crippen molar-refractivity contribution in [3.63, 3.8) is 0 Å². The standard InChI is InChI=1S/C23H22N4O2/c1-3-19(16-8-5-4-6-9-16)23(28)24-18-11-7-10-17(14-18)20-15-27-21(25-20)12-13-22(26-27)29-2/h4-15,19H,3H2,1-2H3,(H,24,28)/t19-/m0/s1. The zero-order valence-electron chi connectivity index (χ0n) is 16.4. The van der Waals surface area contributed by atoms with Crippen LogP contribution in [0.3, 0.4) is 0 Å². The maximum atomic E-state index is 12.8. The molecule has 0 saturated carbocycles. The molecule has 0 saturated heterocycles. The maximum Gasteiger partial charge on any atom is 0.231 e. The largest absolute Gasteiger partial charge is 0.480 e. The van der Waals surface area contributed by atoms with Gasteiger partial charge in [-0.2, -0.15) is 0 Å². The second-order valence-corrected chi connectivity index (χ2v) is 6.75. The van der Waals surface area contributed by atoms with Crippen LogP contribution in [0.4, 0.5) is 5.69 Å². The lowest BCUT2D eigenvalue weighted by Gasteiger charge is -2.15. The summed E-state index contributed by atoms with van der Waals surface area (Å²) in [6.07, 6.45) is 2.58. The van der Waals surface area contributed by atoms with E-state index in [9.17, 15) is 4.79 Å². The molecule has 2 aromatic heterocycles. The van der Waals surface area contributed by atoms with Crippen molar-refractivity contribution >= 4 is 17.2 Å². The summed E-state index contributed by atoms with van der Waals surface area (Å²) in [6.45, 7) is 2.02. The van der Waals surface area contributed by atoms with E-state index < -0.39 is 0 Å². The minimum Gasteiger partial charge on any atom is -0.480 e. The van der Waals surface area contributed by atoms with Gasteiger partial charge in [0.25, 0.3) is 0 Å². The minimum absolute atomic E-state index is 0.0164. The van der Waals surface area contributed by atoms with Crippen LogP contribution in [0, 0.1) is 0 Å². The molecule has 0 aliphatic heterocycles. The van der Waals surface area contributed by atoms with Gasteiger partial charge in [-0.3, -0.25) is 4.79 Å². The Morgan fingerprint density at radius 1 is 1.10 bits per heavy atom. The molecule has 6 heteroatoms. The van der Waals surface area contributed by atoms with Crippen molar-refractivity contribution in [1.29, 1.82) is 0 Å². The quantitative estimate of drug-likeness (QED) is 0.528. The molecule has 0 spiro atoms. The molecule has 4 rings (SSSR count). The van der Waals surface area contributed by atoms with Crippen molar-refractivity contribution in [1.82, 2.24) is 14.6 Å². The highest BCUT2D eigenvalue weighted by molar-refractivity contribution is 5.96. The van der Waals surface area contributed by atoms with E-state index in [1.807, 2.05) is 73.8 Å². The number of aromatic nitrogens is 3. The van der Waals surface area contributed by atoms with Crippen LogP contribution >= 0.6 is 0 Å². The average Bonchev–Trinajstić information content (AvgIpc) is 3.18. The molecule has 2 heterocycles. The Labute approximate surface area is 169 Å². The average molecular weight is 386 g/mol. The number of rotatable bonds is 6. The summed E-state index contributed by atoms with van der Waals surface area (Å²) < 4.78 is 6.84. The van der Waals surface area contributed by atoms with Gasteiger partial charge in [-0.15, -0.1) is 5.10 Å².